The summed E-state index contributed by atoms with van der Waals surface area (Å²) in [6.07, 6.45) is 0. The summed E-state index contributed by atoms with van der Waals surface area (Å²) < 4.78 is 34.2. The molecule has 0 saturated heterocycles. The molecule has 3 rings (SSSR count). The molecule has 0 radical (unpaired) electrons. The van der Waals surface area contributed by atoms with Crippen LogP contribution >= 0.6 is 0 Å². The molecular formula is C21H21FN2O6. The van der Waals surface area contributed by atoms with Crippen molar-refractivity contribution >= 4 is 12.0 Å². The number of esters is 1. The van der Waals surface area contributed by atoms with E-state index in [-0.39, 0.29) is 17.9 Å². The molecule has 8 nitrogen and oxygen atoms in total. The third-order valence-corrected chi connectivity index (χ3v) is 4.50. The first-order valence-corrected chi connectivity index (χ1v) is 8.96. The summed E-state index contributed by atoms with van der Waals surface area (Å²) in [5.74, 6) is 0.283. The van der Waals surface area contributed by atoms with E-state index >= 15 is 0 Å². The highest BCUT2D eigenvalue weighted by molar-refractivity contribution is 5.95. The van der Waals surface area contributed by atoms with Gasteiger partial charge in [-0.15, -0.1) is 0 Å². The first kappa shape index (κ1) is 21.0. The first-order valence-electron chi connectivity index (χ1n) is 8.96. The maximum Gasteiger partial charge on any atom is 0.338 e. The van der Waals surface area contributed by atoms with Crippen LogP contribution in [0.3, 0.4) is 0 Å². The number of nitrogens with one attached hydrogen (secondary N) is 2. The second-order valence-corrected chi connectivity index (χ2v) is 6.27. The molecule has 2 aromatic rings. The molecule has 0 saturated carbocycles. The van der Waals surface area contributed by atoms with Crippen molar-refractivity contribution in [1.29, 1.82) is 0 Å². The lowest BCUT2D eigenvalue weighted by atomic mass is 9.95. The lowest BCUT2D eigenvalue weighted by Gasteiger charge is -2.29. The quantitative estimate of drug-likeness (QED) is 0.674. The Morgan fingerprint density at radius 2 is 1.73 bits per heavy atom. The smallest absolute Gasteiger partial charge is 0.338 e. The fraction of sp³-hybridized carbons (Fsp3) is 0.238. The van der Waals surface area contributed by atoms with Gasteiger partial charge in [0.25, 0.3) is 0 Å². The molecular weight excluding hydrogens is 395 g/mol. The topological polar surface area (TPSA) is 95.1 Å². The number of urea groups is 1. The molecule has 1 aliphatic rings. The number of amides is 2. The maximum atomic E-state index is 13.1. The van der Waals surface area contributed by atoms with Crippen molar-refractivity contribution in [2.45, 2.75) is 6.04 Å². The molecule has 2 amide bonds. The lowest BCUT2D eigenvalue weighted by Crippen LogP contribution is -2.47. The zero-order valence-corrected chi connectivity index (χ0v) is 16.7. The van der Waals surface area contributed by atoms with Crippen LogP contribution in [-0.2, 0) is 9.53 Å². The third-order valence-electron chi connectivity index (χ3n) is 4.50. The van der Waals surface area contributed by atoms with Crippen molar-refractivity contribution in [3.8, 4) is 17.2 Å². The van der Waals surface area contributed by atoms with E-state index in [9.17, 15) is 14.0 Å². The molecule has 0 aliphatic carbocycles. The van der Waals surface area contributed by atoms with Gasteiger partial charge in [0.05, 0.1) is 38.6 Å². The molecule has 1 unspecified atom stereocenters. The number of carbonyl (C=O) groups is 2. The van der Waals surface area contributed by atoms with Crippen LogP contribution in [0.25, 0.3) is 0 Å². The Balaban J connectivity index is 1.98. The Morgan fingerprint density at radius 3 is 2.37 bits per heavy atom. The predicted octanol–water partition coefficient (Wildman–Crippen LogP) is 2.70. The van der Waals surface area contributed by atoms with Crippen LogP contribution < -0.4 is 24.8 Å². The Morgan fingerprint density at radius 1 is 1.03 bits per heavy atom. The Kier molecular flexibility index (Phi) is 6.41. The summed E-state index contributed by atoms with van der Waals surface area (Å²) in [5.41, 5.74) is 0.989. The van der Waals surface area contributed by atoms with Gasteiger partial charge < -0.3 is 29.6 Å². The van der Waals surface area contributed by atoms with Crippen LogP contribution in [-0.4, -0.2) is 39.9 Å². The molecule has 1 aliphatic heterocycles. The molecule has 0 aromatic heterocycles. The van der Waals surface area contributed by atoms with E-state index in [2.05, 4.69) is 10.6 Å². The number of methoxy groups -OCH3 is 3. The van der Waals surface area contributed by atoms with E-state index < -0.39 is 23.9 Å². The van der Waals surface area contributed by atoms with Crippen LogP contribution in [0.5, 0.6) is 17.2 Å². The van der Waals surface area contributed by atoms with Crippen LogP contribution in [0.15, 0.2) is 53.7 Å². The van der Waals surface area contributed by atoms with E-state index in [1.165, 1.54) is 45.6 Å². The molecule has 158 valence electrons. The van der Waals surface area contributed by atoms with E-state index in [0.29, 0.717) is 22.8 Å². The lowest BCUT2D eigenvalue weighted by molar-refractivity contribution is -0.136. The molecule has 1 heterocycles. The zero-order chi connectivity index (χ0) is 21.7. The highest BCUT2D eigenvalue weighted by Crippen LogP contribution is 2.34. The normalized spacial score (nSPS) is 15.7. The number of benzene rings is 2. The minimum atomic E-state index is -0.808. The van der Waals surface area contributed by atoms with Gasteiger partial charge in [-0.3, -0.25) is 0 Å². The predicted molar refractivity (Wildman–Crippen MR) is 105 cm³/mol. The Bertz CT molecular complexity index is 974. The summed E-state index contributed by atoms with van der Waals surface area (Å²) >= 11 is 0. The van der Waals surface area contributed by atoms with Crippen molar-refractivity contribution < 1.29 is 32.9 Å². The highest BCUT2D eigenvalue weighted by Gasteiger charge is 2.34. The van der Waals surface area contributed by atoms with Gasteiger partial charge in [0, 0.05) is 0 Å². The maximum absolute atomic E-state index is 13.1. The number of hydrogen-bond acceptors (Lipinski definition) is 6. The summed E-state index contributed by atoms with van der Waals surface area (Å²) in [7, 11) is 4.24. The van der Waals surface area contributed by atoms with Gasteiger partial charge in [-0.25, -0.2) is 14.0 Å². The largest absolute Gasteiger partial charge is 0.493 e. The summed E-state index contributed by atoms with van der Waals surface area (Å²) in [4.78, 5) is 24.8. The van der Waals surface area contributed by atoms with Gasteiger partial charge in [-0.05, 0) is 42.0 Å². The molecule has 30 heavy (non-hydrogen) atoms. The van der Waals surface area contributed by atoms with E-state index in [0.717, 1.165) is 0 Å². The van der Waals surface area contributed by atoms with Gasteiger partial charge >= 0.3 is 12.0 Å². The fourth-order valence-electron chi connectivity index (χ4n) is 3.05. The fourth-order valence-corrected chi connectivity index (χ4v) is 3.05. The van der Waals surface area contributed by atoms with Gasteiger partial charge in [-0.2, -0.15) is 0 Å². The van der Waals surface area contributed by atoms with Crippen molar-refractivity contribution in [1.82, 2.24) is 10.6 Å². The van der Waals surface area contributed by atoms with E-state index in [4.69, 9.17) is 18.9 Å². The van der Waals surface area contributed by atoms with Crippen LogP contribution in [0, 0.1) is 5.82 Å². The summed E-state index contributed by atoms with van der Waals surface area (Å²) in [6.45, 7) is -0.132. The zero-order valence-electron chi connectivity index (χ0n) is 16.7. The molecule has 0 fully saturated rings. The van der Waals surface area contributed by atoms with E-state index in [1.807, 2.05) is 0 Å². The van der Waals surface area contributed by atoms with Gasteiger partial charge in [0.2, 0.25) is 0 Å². The molecule has 9 heteroatoms. The van der Waals surface area contributed by atoms with Gasteiger partial charge in [0.15, 0.2) is 11.5 Å². The monoisotopic (exact) mass is 416 g/mol. The van der Waals surface area contributed by atoms with Gasteiger partial charge in [0.1, 0.15) is 18.2 Å². The van der Waals surface area contributed by atoms with Crippen molar-refractivity contribution in [2.24, 2.45) is 0 Å². The SMILES string of the molecule is COC(=O)C1=C(COc2ccc(F)cc2)NC(=O)NC1c1ccc(OC)c(OC)c1. The average molecular weight is 416 g/mol. The average Bonchev–Trinajstić information content (AvgIpc) is 2.77. The minimum absolute atomic E-state index is 0.132. The van der Waals surface area contributed by atoms with Crippen molar-refractivity contribution in [3.05, 3.63) is 65.1 Å². The molecule has 2 aromatic carbocycles. The van der Waals surface area contributed by atoms with Crippen LogP contribution in [0.2, 0.25) is 0 Å². The van der Waals surface area contributed by atoms with Crippen LogP contribution in [0.4, 0.5) is 9.18 Å². The van der Waals surface area contributed by atoms with Gasteiger partial charge in [-0.1, -0.05) is 6.07 Å². The molecule has 2 N–H and O–H groups in total. The molecule has 0 spiro atoms. The highest BCUT2D eigenvalue weighted by atomic mass is 19.1. The third kappa shape index (κ3) is 4.45. The number of hydrogen-bond donors (Lipinski definition) is 2. The van der Waals surface area contributed by atoms with E-state index in [1.54, 1.807) is 18.2 Å². The Hall–Kier alpha value is -3.75. The minimum Gasteiger partial charge on any atom is -0.493 e. The van der Waals surface area contributed by atoms with Crippen LogP contribution in [0.1, 0.15) is 11.6 Å². The molecule has 1 atom stereocenters. The summed E-state index contributed by atoms with van der Waals surface area (Å²) in [5, 5.41) is 5.30. The number of carbonyl (C=O) groups excluding carboxylic acids is 2. The number of ether oxygens (including phenoxy) is 4. The number of halogens is 1. The second-order valence-electron chi connectivity index (χ2n) is 6.27. The Labute approximate surface area is 172 Å². The summed E-state index contributed by atoms with van der Waals surface area (Å²) in [6, 6.07) is 9.11. The van der Waals surface area contributed by atoms with Crippen molar-refractivity contribution in [3.63, 3.8) is 0 Å². The molecule has 0 bridgehead atoms. The second kappa shape index (κ2) is 9.17. The standard InChI is InChI=1S/C21H21FN2O6/c1-27-16-9-4-12(10-17(16)28-2)19-18(20(25)29-3)15(23-21(26)24-19)11-30-14-7-5-13(22)6-8-14/h4-10,19H,11H2,1-3H3,(H2,23,24,26). The van der Waals surface area contributed by atoms with Crippen molar-refractivity contribution in [2.75, 3.05) is 27.9 Å². The first-order chi connectivity index (χ1) is 14.5. The number of rotatable bonds is 7.